The Bertz CT molecular complexity index is 199. The van der Waals surface area contributed by atoms with Gasteiger partial charge in [-0.1, -0.05) is 6.42 Å². The second-order valence-electron chi connectivity index (χ2n) is 4.04. The first kappa shape index (κ1) is 11.4. The molecule has 5 heteroatoms. The summed E-state index contributed by atoms with van der Waals surface area (Å²) >= 11 is 0. The smallest absolute Gasteiger partial charge is 0.303 e. The van der Waals surface area contributed by atoms with Crippen LogP contribution in [0, 0.1) is 5.21 Å². The number of carbonyl (C=O) groups is 1. The maximum atomic E-state index is 11.1. The van der Waals surface area contributed by atoms with E-state index in [0.717, 1.165) is 19.3 Å². The van der Waals surface area contributed by atoms with Gasteiger partial charge in [0.1, 0.15) is 5.54 Å². The number of aliphatic carboxylic acids is 1. The van der Waals surface area contributed by atoms with Gasteiger partial charge in [0.05, 0.1) is 6.42 Å². The van der Waals surface area contributed by atoms with Crippen molar-refractivity contribution in [1.82, 2.24) is 0 Å². The average molecular weight is 203 g/mol. The maximum Gasteiger partial charge on any atom is 0.303 e. The van der Waals surface area contributed by atoms with Crippen LogP contribution in [0.25, 0.3) is 0 Å². The molecule has 0 spiro atoms. The number of carboxylic acid groups (broad SMARTS) is 1. The minimum Gasteiger partial charge on any atom is -0.600 e. The van der Waals surface area contributed by atoms with E-state index >= 15 is 0 Å². The second-order valence-corrected chi connectivity index (χ2v) is 4.04. The lowest BCUT2D eigenvalue weighted by Gasteiger charge is -2.40. The predicted molar refractivity (Wildman–Crippen MR) is 48.8 cm³/mol. The monoisotopic (exact) mass is 203 g/mol. The molecule has 0 radical (unpaired) electrons. The molecule has 0 aliphatic heterocycles. The predicted octanol–water partition coefficient (Wildman–Crippen LogP) is 0.326. The summed E-state index contributed by atoms with van der Waals surface area (Å²) in [7, 11) is 0. The summed E-state index contributed by atoms with van der Waals surface area (Å²) in [6, 6.07) is 0. The number of hydrogen-bond acceptors (Lipinski definition) is 3. The quantitative estimate of drug-likeness (QED) is 0.575. The molecule has 1 aliphatic rings. The van der Waals surface area contributed by atoms with Crippen molar-refractivity contribution in [3.8, 4) is 0 Å². The van der Waals surface area contributed by atoms with Crippen LogP contribution in [0.3, 0.4) is 0 Å². The Morgan fingerprint density at radius 3 is 2.36 bits per heavy atom. The molecule has 1 fully saturated rings. The van der Waals surface area contributed by atoms with E-state index in [-0.39, 0.29) is 12.8 Å². The molecule has 3 N–H and O–H groups in total. The molecule has 0 aromatic carbocycles. The molecule has 1 rings (SSSR count). The molecule has 0 saturated heterocycles. The number of carboxylic acids is 1. The van der Waals surface area contributed by atoms with E-state index in [2.05, 4.69) is 0 Å². The fraction of sp³-hybridized carbons (Fsp3) is 0.889. The molecule has 0 bridgehead atoms. The van der Waals surface area contributed by atoms with Crippen LogP contribution in [-0.4, -0.2) is 21.8 Å². The van der Waals surface area contributed by atoms with Crippen molar-refractivity contribution in [2.45, 2.75) is 50.5 Å². The highest BCUT2D eigenvalue weighted by atomic mass is 16.8. The minimum absolute atomic E-state index is 0.0354. The highest BCUT2D eigenvalue weighted by Crippen LogP contribution is 2.29. The van der Waals surface area contributed by atoms with Crippen LogP contribution in [0.2, 0.25) is 0 Å². The summed E-state index contributed by atoms with van der Waals surface area (Å²) in [6.07, 6.45) is 4.40. The molecule has 0 aromatic heterocycles. The van der Waals surface area contributed by atoms with E-state index in [0.29, 0.717) is 12.8 Å². The van der Waals surface area contributed by atoms with E-state index in [1.54, 1.807) is 0 Å². The van der Waals surface area contributed by atoms with Crippen LogP contribution in [0.4, 0.5) is 0 Å². The zero-order valence-electron chi connectivity index (χ0n) is 8.16. The molecule has 0 heterocycles. The fourth-order valence-electron chi connectivity index (χ4n) is 2.15. The van der Waals surface area contributed by atoms with E-state index < -0.39 is 16.7 Å². The number of nitrogens with one attached hydrogen (secondary N) is 1. The van der Waals surface area contributed by atoms with Gasteiger partial charge in [-0.2, -0.15) is 0 Å². The van der Waals surface area contributed by atoms with Crippen molar-refractivity contribution in [3.05, 3.63) is 5.21 Å². The standard InChI is InChI=1S/C9H17NO4/c11-8(12)4-7-9(10(13)14)5-2-1-3-6-9/h10,13H,1-7H2,(H,11,12). The maximum absolute atomic E-state index is 11.1. The highest BCUT2D eigenvalue weighted by Gasteiger charge is 2.38. The Morgan fingerprint density at radius 2 is 1.93 bits per heavy atom. The summed E-state index contributed by atoms with van der Waals surface area (Å²) in [6.45, 7) is 0. The van der Waals surface area contributed by atoms with E-state index in [4.69, 9.17) is 10.3 Å². The van der Waals surface area contributed by atoms with Crippen LogP contribution in [-0.2, 0) is 4.79 Å². The van der Waals surface area contributed by atoms with Crippen LogP contribution in [0.5, 0.6) is 0 Å². The first-order valence-electron chi connectivity index (χ1n) is 5.02. The lowest BCUT2D eigenvalue weighted by Crippen LogP contribution is -3.14. The molecular formula is C9H17NO4. The van der Waals surface area contributed by atoms with Crippen LogP contribution >= 0.6 is 0 Å². The first-order chi connectivity index (χ1) is 6.57. The molecule has 1 unspecified atom stereocenters. The third-order valence-electron chi connectivity index (χ3n) is 3.08. The van der Waals surface area contributed by atoms with Crippen molar-refractivity contribution < 1.29 is 20.3 Å². The van der Waals surface area contributed by atoms with E-state index in [1.807, 2.05) is 0 Å². The summed E-state index contributed by atoms with van der Waals surface area (Å²) in [5.41, 5.74) is -0.753. The number of hydroxylamine groups is 2. The number of hydrogen-bond donors (Lipinski definition) is 3. The van der Waals surface area contributed by atoms with Gasteiger partial charge < -0.3 is 10.3 Å². The topological polar surface area (TPSA) is 85.0 Å². The Hall–Kier alpha value is -0.650. The molecule has 0 amide bonds. The van der Waals surface area contributed by atoms with Crippen molar-refractivity contribution in [1.29, 1.82) is 0 Å². The Kier molecular flexibility index (Phi) is 3.86. The molecule has 0 aromatic rings. The Morgan fingerprint density at radius 1 is 1.36 bits per heavy atom. The summed E-state index contributed by atoms with van der Waals surface area (Å²) < 4.78 is 0. The van der Waals surface area contributed by atoms with Gasteiger partial charge in [0.15, 0.2) is 0 Å². The molecule has 14 heavy (non-hydrogen) atoms. The van der Waals surface area contributed by atoms with Crippen molar-refractivity contribution in [2.75, 3.05) is 0 Å². The third kappa shape index (κ3) is 2.67. The van der Waals surface area contributed by atoms with Crippen LogP contribution in [0.15, 0.2) is 0 Å². The molecule has 1 atom stereocenters. The first-order valence-corrected chi connectivity index (χ1v) is 5.02. The van der Waals surface area contributed by atoms with Gasteiger partial charge in [-0.3, -0.25) is 4.79 Å². The second kappa shape index (κ2) is 4.72. The lowest BCUT2D eigenvalue weighted by atomic mass is 9.79. The van der Waals surface area contributed by atoms with Crippen LogP contribution in [0.1, 0.15) is 44.9 Å². The fourth-order valence-corrected chi connectivity index (χ4v) is 2.15. The van der Waals surface area contributed by atoms with Gasteiger partial charge in [0.2, 0.25) is 0 Å². The van der Waals surface area contributed by atoms with Gasteiger partial charge in [0.25, 0.3) is 0 Å². The summed E-state index contributed by atoms with van der Waals surface area (Å²) in [4.78, 5) is 10.4. The van der Waals surface area contributed by atoms with Gasteiger partial charge in [-0.05, 0) is 12.8 Å². The zero-order valence-corrected chi connectivity index (χ0v) is 8.16. The lowest BCUT2D eigenvalue weighted by molar-refractivity contribution is -1.09. The Labute approximate surface area is 82.9 Å². The highest BCUT2D eigenvalue weighted by molar-refractivity contribution is 5.66. The van der Waals surface area contributed by atoms with E-state index in [9.17, 15) is 10.0 Å². The normalized spacial score (nSPS) is 23.0. The van der Waals surface area contributed by atoms with Crippen LogP contribution < -0.4 is 5.23 Å². The van der Waals surface area contributed by atoms with Gasteiger partial charge >= 0.3 is 5.97 Å². The van der Waals surface area contributed by atoms with Gasteiger partial charge in [0, 0.05) is 19.3 Å². The largest absolute Gasteiger partial charge is 0.600 e. The average Bonchev–Trinajstić information content (AvgIpc) is 2.16. The summed E-state index contributed by atoms with van der Waals surface area (Å²) in [5.74, 6) is -0.906. The van der Waals surface area contributed by atoms with Gasteiger partial charge in [-0.15, -0.1) is 0 Å². The third-order valence-corrected chi connectivity index (χ3v) is 3.08. The number of quaternary nitrogens is 1. The number of rotatable bonds is 4. The van der Waals surface area contributed by atoms with Crippen molar-refractivity contribution >= 4 is 5.97 Å². The SMILES string of the molecule is O=C(O)CCC1([NH+]([O-])O)CCCCC1. The minimum atomic E-state index is -0.906. The van der Waals surface area contributed by atoms with Crippen molar-refractivity contribution in [2.24, 2.45) is 0 Å². The molecule has 5 nitrogen and oxygen atoms in total. The molecule has 82 valence electrons. The van der Waals surface area contributed by atoms with E-state index in [1.165, 1.54) is 0 Å². The molecule has 1 aliphatic carbocycles. The molecular weight excluding hydrogens is 186 g/mol. The van der Waals surface area contributed by atoms with Gasteiger partial charge in [-0.25, -0.2) is 10.4 Å². The molecule has 1 saturated carbocycles. The zero-order chi connectivity index (χ0) is 10.6. The Balaban J connectivity index is 2.56. The van der Waals surface area contributed by atoms with Crippen molar-refractivity contribution in [3.63, 3.8) is 0 Å². The summed E-state index contributed by atoms with van der Waals surface area (Å²) in [5, 5.41) is 27.9.